The molecule has 0 fully saturated rings. The molecule has 0 aliphatic rings. The largest absolute Gasteiger partial charge is 0.316 e. The zero-order chi connectivity index (χ0) is 13.8. The number of nitrogens with zero attached hydrogens (tertiary/aromatic N) is 2. The summed E-state index contributed by atoms with van der Waals surface area (Å²) in [4.78, 5) is 12.1. The van der Waals surface area contributed by atoms with Crippen molar-refractivity contribution in [3.63, 3.8) is 0 Å². The summed E-state index contributed by atoms with van der Waals surface area (Å²) in [5.41, 5.74) is 7.89. The second-order valence-corrected chi connectivity index (χ2v) is 4.41. The zero-order valence-corrected chi connectivity index (χ0v) is 12.4. The first-order chi connectivity index (χ1) is 9.11. The number of hydrogen-bond donors (Lipinski definition) is 2. The molecule has 0 saturated heterocycles. The van der Waals surface area contributed by atoms with Crippen LogP contribution in [0.5, 0.6) is 0 Å². The standard InChI is InChI=1S/C14H18N4O.ClH/c1-3-18-12(8-9-16-18)17-14(19)13(15)11-6-4-10(2)5-7-11;/h4-9,13H,3,15H2,1-2H3,(H,17,19);1H. The molecular weight excluding hydrogens is 276 g/mol. The first-order valence-electron chi connectivity index (χ1n) is 6.26. The van der Waals surface area contributed by atoms with Gasteiger partial charge in [-0.3, -0.25) is 4.79 Å². The Kier molecular flexibility index (Phi) is 5.73. The van der Waals surface area contributed by atoms with E-state index in [9.17, 15) is 4.79 Å². The highest BCUT2D eigenvalue weighted by atomic mass is 35.5. The molecule has 0 radical (unpaired) electrons. The Hall–Kier alpha value is -1.85. The van der Waals surface area contributed by atoms with Crippen molar-refractivity contribution in [3.05, 3.63) is 47.7 Å². The van der Waals surface area contributed by atoms with Gasteiger partial charge in [-0.25, -0.2) is 4.68 Å². The maximum atomic E-state index is 12.1. The van der Waals surface area contributed by atoms with E-state index >= 15 is 0 Å². The molecule has 6 heteroatoms. The van der Waals surface area contributed by atoms with E-state index in [0.29, 0.717) is 12.4 Å². The summed E-state index contributed by atoms with van der Waals surface area (Å²) in [5.74, 6) is 0.425. The molecule has 0 spiro atoms. The highest BCUT2D eigenvalue weighted by Crippen LogP contribution is 2.14. The molecule has 1 amide bonds. The third kappa shape index (κ3) is 3.59. The zero-order valence-electron chi connectivity index (χ0n) is 11.5. The minimum atomic E-state index is -0.680. The van der Waals surface area contributed by atoms with E-state index in [-0.39, 0.29) is 18.3 Å². The topological polar surface area (TPSA) is 72.9 Å². The number of nitrogens with one attached hydrogen (secondary N) is 1. The second kappa shape index (κ2) is 7.07. The van der Waals surface area contributed by atoms with Gasteiger partial charge >= 0.3 is 0 Å². The monoisotopic (exact) mass is 294 g/mol. The fourth-order valence-electron chi connectivity index (χ4n) is 1.82. The Morgan fingerprint density at radius 1 is 1.35 bits per heavy atom. The quantitative estimate of drug-likeness (QED) is 0.908. The van der Waals surface area contributed by atoms with Crippen LogP contribution < -0.4 is 11.1 Å². The van der Waals surface area contributed by atoms with Gasteiger partial charge in [0.1, 0.15) is 11.9 Å². The number of hydrogen-bond acceptors (Lipinski definition) is 3. The second-order valence-electron chi connectivity index (χ2n) is 4.41. The van der Waals surface area contributed by atoms with E-state index in [2.05, 4.69) is 10.4 Å². The molecule has 108 valence electrons. The van der Waals surface area contributed by atoms with Gasteiger partial charge in [-0.15, -0.1) is 12.4 Å². The van der Waals surface area contributed by atoms with E-state index in [1.807, 2.05) is 38.1 Å². The lowest BCUT2D eigenvalue weighted by atomic mass is 10.1. The summed E-state index contributed by atoms with van der Waals surface area (Å²) in [5, 5.41) is 6.88. The van der Waals surface area contributed by atoms with Crippen molar-refractivity contribution in [2.24, 2.45) is 5.73 Å². The minimum Gasteiger partial charge on any atom is -0.316 e. The van der Waals surface area contributed by atoms with Crippen LogP contribution in [0.1, 0.15) is 24.1 Å². The van der Waals surface area contributed by atoms with Crippen LogP contribution in [0.2, 0.25) is 0 Å². The molecule has 20 heavy (non-hydrogen) atoms. The molecule has 1 atom stereocenters. The maximum Gasteiger partial charge on any atom is 0.247 e. The summed E-state index contributed by atoms with van der Waals surface area (Å²) in [6, 6.07) is 8.70. The molecule has 1 heterocycles. The molecule has 2 rings (SSSR count). The van der Waals surface area contributed by atoms with Gasteiger partial charge < -0.3 is 11.1 Å². The summed E-state index contributed by atoms with van der Waals surface area (Å²) in [6.45, 7) is 4.65. The average molecular weight is 295 g/mol. The number of halogens is 1. The van der Waals surface area contributed by atoms with Crippen LogP contribution in [0.4, 0.5) is 5.82 Å². The van der Waals surface area contributed by atoms with E-state index in [1.54, 1.807) is 16.9 Å². The number of carbonyl (C=O) groups is 1. The Morgan fingerprint density at radius 2 is 2.00 bits per heavy atom. The number of aromatic nitrogens is 2. The van der Waals surface area contributed by atoms with E-state index in [0.717, 1.165) is 11.1 Å². The van der Waals surface area contributed by atoms with Crippen molar-refractivity contribution in [1.82, 2.24) is 9.78 Å². The van der Waals surface area contributed by atoms with Crippen LogP contribution in [-0.4, -0.2) is 15.7 Å². The van der Waals surface area contributed by atoms with Gasteiger partial charge in [-0.05, 0) is 19.4 Å². The predicted octanol–water partition coefficient (Wildman–Crippen LogP) is 2.27. The van der Waals surface area contributed by atoms with Crippen LogP contribution in [0.15, 0.2) is 36.5 Å². The van der Waals surface area contributed by atoms with Crippen LogP contribution in [0.25, 0.3) is 0 Å². The van der Waals surface area contributed by atoms with Gasteiger partial charge in [-0.1, -0.05) is 29.8 Å². The predicted molar refractivity (Wildman–Crippen MR) is 81.9 cm³/mol. The number of amides is 1. The number of carbonyl (C=O) groups excluding carboxylic acids is 1. The van der Waals surface area contributed by atoms with Crippen molar-refractivity contribution in [1.29, 1.82) is 0 Å². The Balaban J connectivity index is 0.00000200. The number of nitrogens with two attached hydrogens (primary N) is 1. The highest BCUT2D eigenvalue weighted by Gasteiger charge is 2.16. The number of aryl methyl sites for hydroxylation is 2. The van der Waals surface area contributed by atoms with Crippen molar-refractivity contribution >= 4 is 24.1 Å². The minimum absolute atomic E-state index is 0. The Morgan fingerprint density at radius 3 is 2.60 bits per heavy atom. The van der Waals surface area contributed by atoms with E-state index in [4.69, 9.17) is 5.73 Å². The first-order valence-corrected chi connectivity index (χ1v) is 6.26. The third-order valence-electron chi connectivity index (χ3n) is 2.99. The van der Waals surface area contributed by atoms with Gasteiger partial charge in [0.15, 0.2) is 0 Å². The first kappa shape index (κ1) is 16.2. The lowest BCUT2D eigenvalue weighted by molar-refractivity contribution is -0.117. The summed E-state index contributed by atoms with van der Waals surface area (Å²) >= 11 is 0. The van der Waals surface area contributed by atoms with Crippen molar-refractivity contribution in [2.75, 3.05) is 5.32 Å². The summed E-state index contributed by atoms with van der Waals surface area (Å²) in [7, 11) is 0. The number of rotatable bonds is 4. The molecule has 0 aliphatic carbocycles. The number of benzene rings is 1. The normalized spacial score (nSPS) is 11.6. The summed E-state index contributed by atoms with van der Waals surface area (Å²) < 4.78 is 1.71. The molecule has 1 aromatic heterocycles. The van der Waals surface area contributed by atoms with Crippen LogP contribution in [0.3, 0.4) is 0 Å². The molecular formula is C14H19ClN4O. The lowest BCUT2D eigenvalue weighted by Gasteiger charge is -2.13. The smallest absolute Gasteiger partial charge is 0.247 e. The fourth-order valence-corrected chi connectivity index (χ4v) is 1.82. The Bertz CT molecular complexity index is 565. The molecule has 0 saturated carbocycles. The highest BCUT2D eigenvalue weighted by molar-refractivity contribution is 5.94. The van der Waals surface area contributed by atoms with Crippen LogP contribution in [0, 0.1) is 6.92 Å². The van der Waals surface area contributed by atoms with Crippen LogP contribution in [-0.2, 0) is 11.3 Å². The molecule has 0 aliphatic heterocycles. The number of anilines is 1. The fraction of sp³-hybridized carbons (Fsp3) is 0.286. The van der Waals surface area contributed by atoms with Crippen molar-refractivity contribution in [3.8, 4) is 0 Å². The van der Waals surface area contributed by atoms with Gasteiger partial charge in [0.05, 0.1) is 6.20 Å². The summed E-state index contributed by atoms with van der Waals surface area (Å²) in [6.07, 6.45) is 1.65. The molecule has 0 bridgehead atoms. The average Bonchev–Trinajstić information content (AvgIpc) is 2.86. The maximum absolute atomic E-state index is 12.1. The molecule has 2 aromatic rings. The van der Waals surface area contributed by atoms with E-state index in [1.165, 1.54) is 0 Å². The van der Waals surface area contributed by atoms with Gasteiger partial charge in [-0.2, -0.15) is 5.10 Å². The van der Waals surface area contributed by atoms with Gasteiger partial charge in [0, 0.05) is 12.6 Å². The van der Waals surface area contributed by atoms with Gasteiger partial charge in [0.25, 0.3) is 0 Å². The third-order valence-corrected chi connectivity index (χ3v) is 2.99. The van der Waals surface area contributed by atoms with Crippen molar-refractivity contribution in [2.45, 2.75) is 26.4 Å². The van der Waals surface area contributed by atoms with Gasteiger partial charge in [0.2, 0.25) is 5.91 Å². The SMILES string of the molecule is CCn1nccc1NC(=O)C(N)c1ccc(C)cc1.Cl. The molecule has 1 aromatic carbocycles. The van der Waals surface area contributed by atoms with Crippen molar-refractivity contribution < 1.29 is 4.79 Å². The molecule has 5 nitrogen and oxygen atoms in total. The van der Waals surface area contributed by atoms with Crippen LogP contribution >= 0.6 is 12.4 Å². The molecule has 1 unspecified atom stereocenters. The Labute approximate surface area is 124 Å². The van der Waals surface area contributed by atoms with E-state index < -0.39 is 6.04 Å². The lowest BCUT2D eigenvalue weighted by Crippen LogP contribution is -2.28. The molecule has 3 N–H and O–H groups in total.